The molecule has 1 aromatic heterocycles. The lowest BCUT2D eigenvalue weighted by atomic mass is 10.1. The number of rotatable bonds is 12. The van der Waals surface area contributed by atoms with Crippen LogP contribution in [0.1, 0.15) is 47.2 Å². The van der Waals surface area contributed by atoms with Gasteiger partial charge in [-0.15, -0.1) is 0 Å². The molecule has 2 N–H and O–H groups in total. The third-order valence-corrected chi connectivity index (χ3v) is 10.6. The molecule has 2 atom stereocenters. The first-order chi connectivity index (χ1) is 19.3. The highest BCUT2D eigenvalue weighted by molar-refractivity contribution is 8.05. The van der Waals surface area contributed by atoms with E-state index in [1.54, 1.807) is 0 Å². The molecule has 1 aromatic carbocycles. The standard InChI is InChI=1S/C23H38N4.C2HF6NO4S2/c1-7-25(8-2)21-22(26(9-3)10-4)23(21,27(11-5)12-6)20-17-18-15-13-14-16-19(18)24-20;3-1(4,5)14(10,11)9-15(12,13)2(6,7)8/h13-17,21-22,24H,7-12H2,1-6H3;9H. The van der Waals surface area contributed by atoms with Crippen molar-refractivity contribution >= 4 is 30.9 Å². The fraction of sp³-hybridized carbons (Fsp3) is 0.680. The molecule has 0 spiro atoms. The minimum atomic E-state index is -6.60. The van der Waals surface area contributed by atoms with E-state index in [0.29, 0.717) is 12.1 Å². The Labute approximate surface area is 243 Å². The van der Waals surface area contributed by atoms with Crippen molar-refractivity contribution in [2.75, 3.05) is 39.3 Å². The molecule has 0 amide bonds. The molecule has 42 heavy (non-hydrogen) atoms. The third kappa shape index (κ3) is 6.90. The SMILES string of the molecule is CCN(CC)C1C(N(CC)CC)C1(c1cc2ccccc2[nH]1)N(CC)CC.O=S(=O)(NS(=O)(=O)C(F)(F)F)C(F)(F)F. The van der Waals surface area contributed by atoms with Crippen LogP contribution in [0.3, 0.4) is 0 Å². The maximum atomic E-state index is 11.5. The second-order valence-corrected chi connectivity index (χ2v) is 13.2. The Kier molecular flexibility index (Phi) is 11.6. The van der Waals surface area contributed by atoms with Gasteiger partial charge in [0.05, 0.1) is 17.6 Å². The van der Waals surface area contributed by atoms with Crippen LogP contribution < -0.4 is 4.13 Å². The Morgan fingerprint density at radius 1 is 0.738 bits per heavy atom. The summed E-state index contributed by atoms with van der Waals surface area (Å²) in [5.74, 6) is 0. The Morgan fingerprint density at radius 3 is 1.48 bits per heavy atom. The number of hydrogen-bond acceptors (Lipinski definition) is 7. The molecule has 2 unspecified atom stereocenters. The van der Waals surface area contributed by atoms with Crippen molar-refractivity contribution in [1.82, 2.24) is 23.8 Å². The van der Waals surface area contributed by atoms with Crippen LogP contribution in [0.4, 0.5) is 26.3 Å². The third-order valence-electron chi connectivity index (χ3n) is 7.58. The van der Waals surface area contributed by atoms with Crippen molar-refractivity contribution < 1.29 is 43.2 Å². The Hall–Kier alpha value is -1.92. The molecule has 9 nitrogen and oxygen atoms in total. The van der Waals surface area contributed by atoms with Gasteiger partial charge in [-0.3, -0.25) is 14.7 Å². The van der Waals surface area contributed by atoms with Gasteiger partial charge in [-0.05, 0) is 56.8 Å². The summed E-state index contributed by atoms with van der Waals surface area (Å²) in [5.41, 5.74) is -9.61. The number of halogens is 6. The van der Waals surface area contributed by atoms with E-state index in [0.717, 1.165) is 39.3 Å². The number of hydrogen-bond donors (Lipinski definition) is 2. The number of likely N-dealkylation sites (N-methyl/N-ethyl adjacent to an activating group) is 3. The molecule has 0 saturated heterocycles. The maximum absolute atomic E-state index is 11.5. The molecule has 1 aliphatic carbocycles. The highest BCUT2D eigenvalue weighted by atomic mass is 32.3. The first-order valence-corrected chi connectivity index (χ1v) is 16.5. The highest BCUT2D eigenvalue weighted by Gasteiger charge is 2.72. The zero-order chi connectivity index (χ0) is 32.3. The summed E-state index contributed by atoms with van der Waals surface area (Å²) in [7, 11) is -13.2. The summed E-state index contributed by atoms with van der Waals surface area (Å²) in [6.45, 7) is 20.4. The quantitative estimate of drug-likeness (QED) is 0.328. The van der Waals surface area contributed by atoms with Crippen molar-refractivity contribution in [3.63, 3.8) is 0 Å². The van der Waals surface area contributed by atoms with Crippen molar-refractivity contribution in [2.45, 2.75) is 70.2 Å². The van der Waals surface area contributed by atoms with Gasteiger partial charge in [0.2, 0.25) is 0 Å². The van der Waals surface area contributed by atoms with Gasteiger partial charge < -0.3 is 4.98 Å². The number of fused-ring (bicyclic) bond motifs is 1. The minimum Gasteiger partial charge on any atom is -0.357 e. The number of benzene rings is 1. The van der Waals surface area contributed by atoms with E-state index in [1.165, 1.54) is 16.6 Å². The number of nitrogens with zero attached hydrogens (tertiary/aromatic N) is 3. The molecule has 1 aliphatic rings. The van der Waals surface area contributed by atoms with E-state index in [9.17, 15) is 43.2 Å². The molecule has 0 bridgehead atoms. The summed E-state index contributed by atoms with van der Waals surface area (Å²) in [5, 5.41) is 1.32. The fourth-order valence-corrected chi connectivity index (χ4v) is 7.58. The van der Waals surface area contributed by atoms with E-state index in [1.807, 2.05) is 0 Å². The van der Waals surface area contributed by atoms with Gasteiger partial charge in [0.1, 0.15) is 0 Å². The normalized spacial score (nSPS) is 21.7. The lowest BCUT2D eigenvalue weighted by Crippen LogP contribution is -2.45. The van der Waals surface area contributed by atoms with E-state index < -0.39 is 35.2 Å². The number of H-pyrrole nitrogens is 1. The van der Waals surface area contributed by atoms with Crippen LogP contribution in [-0.4, -0.2) is 98.9 Å². The molecule has 2 aromatic rings. The molecule has 1 saturated carbocycles. The van der Waals surface area contributed by atoms with E-state index in [-0.39, 0.29) is 5.54 Å². The topological polar surface area (TPSA) is 106 Å². The zero-order valence-electron chi connectivity index (χ0n) is 24.3. The van der Waals surface area contributed by atoms with Crippen LogP contribution in [0.5, 0.6) is 0 Å². The summed E-state index contributed by atoms with van der Waals surface area (Å²) in [4.78, 5) is 11.9. The van der Waals surface area contributed by atoms with Gasteiger partial charge in [-0.2, -0.15) is 26.3 Å². The summed E-state index contributed by atoms with van der Waals surface area (Å²) in [6, 6.07) is 12.2. The maximum Gasteiger partial charge on any atom is 0.512 e. The van der Waals surface area contributed by atoms with Gasteiger partial charge in [0.25, 0.3) is 0 Å². The summed E-state index contributed by atoms with van der Waals surface area (Å²) in [6.07, 6.45) is 0. The molecule has 0 aliphatic heterocycles. The van der Waals surface area contributed by atoms with Crippen molar-refractivity contribution in [3.05, 3.63) is 36.0 Å². The van der Waals surface area contributed by atoms with Crippen molar-refractivity contribution in [2.24, 2.45) is 0 Å². The van der Waals surface area contributed by atoms with Crippen LogP contribution >= 0.6 is 0 Å². The first kappa shape index (κ1) is 36.3. The predicted octanol–water partition coefficient (Wildman–Crippen LogP) is 4.41. The number of sulfonamides is 2. The van der Waals surface area contributed by atoms with Crippen LogP contribution in [-0.2, 0) is 25.6 Å². The highest BCUT2D eigenvalue weighted by Crippen LogP contribution is 2.56. The first-order valence-electron chi connectivity index (χ1n) is 13.6. The minimum absolute atomic E-state index is 0.0422. The second-order valence-electron chi connectivity index (χ2n) is 9.58. The number of alkyl halides is 6. The van der Waals surface area contributed by atoms with E-state index in [4.69, 9.17) is 0 Å². The smallest absolute Gasteiger partial charge is 0.357 e. The Bertz CT molecular complexity index is 1290. The average Bonchev–Trinajstić information content (AvgIpc) is 3.34. The molecule has 3 rings (SSSR count). The largest absolute Gasteiger partial charge is 0.512 e. The van der Waals surface area contributed by atoms with E-state index in [2.05, 4.69) is 91.6 Å². The fourth-order valence-electron chi connectivity index (χ4n) is 5.67. The van der Waals surface area contributed by atoms with Gasteiger partial charge in [0.15, 0.2) is 0 Å². The summed E-state index contributed by atoms with van der Waals surface area (Å²) < 4.78 is 108. The van der Waals surface area contributed by atoms with Crippen LogP contribution in [0.15, 0.2) is 30.3 Å². The monoisotopic (exact) mass is 651 g/mol. The van der Waals surface area contributed by atoms with Crippen LogP contribution in [0, 0.1) is 0 Å². The van der Waals surface area contributed by atoms with Crippen molar-refractivity contribution in [1.29, 1.82) is 0 Å². The van der Waals surface area contributed by atoms with Gasteiger partial charge >= 0.3 is 31.1 Å². The lowest BCUT2D eigenvalue weighted by Gasteiger charge is -2.34. The predicted molar refractivity (Wildman–Crippen MR) is 149 cm³/mol. The Morgan fingerprint density at radius 2 is 1.14 bits per heavy atom. The van der Waals surface area contributed by atoms with Crippen molar-refractivity contribution in [3.8, 4) is 0 Å². The molecular formula is C25H39F6N5O4S2. The van der Waals surface area contributed by atoms with Gasteiger partial charge in [-0.25, -0.2) is 16.8 Å². The Balaban J connectivity index is 0.000000351. The molecule has 0 radical (unpaired) electrons. The number of aromatic nitrogens is 1. The molecule has 1 fully saturated rings. The zero-order valence-corrected chi connectivity index (χ0v) is 26.0. The van der Waals surface area contributed by atoms with Crippen LogP contribution in [0.25, 0.3) is 10.9 Å². The second kappa shape index (κ2) is 13.4. The molecule has 17 heteroatoms. The van der Waals surface area contributed by atoms with Crippen LogP contribution in [0.2, 0.25) is 0 Å². The molecular weight excluding hydrogens is 612 g/mol. The number of aromatic amines is 1. The number of para-hydroxylation sites is 1. The van der Waals surface area contributed by atoms with Gasteiger partial charge in [0, 0.05) is 11.2 Å². The molecule has 1 heterocycles. The molecule has 242 valence electrons. The number of nitrogens with one attached hydrogen (secondary N) is 2. The van der Waals surface area contributed by atoms with Gasteiger partial charge in [-0.1, -0.05) is 63.9 Å². The average molecular weight is 652 g/mol. The lowest BCUT2D eigenvalue weighted by molar-refractivity contribution is -0.0476. The van der Waals surface area contributed by atoms with E-state index >= 15 is 0 Å². The summed E-state index contributed by atoms with van der Waals surface area (Å²) >= 11 is 0.